The van der Waals surface area contributed by atoms with Crippen LogP contribution in [0.1, 0.15) is 310 Å². The largest absolute Gasteiger partial charge is 0.462 e. The lowest BCUT2D eigenvalue weighted by molar-refractivity contribution is -0.167. The van der Waals surface area contributed by atoms with E-state index in [4.69, 9.17) is 14.2 Å². The number of ether oxygens (including phenoxy) is 3. The summed E-state index contributed by atoms with van der Waals surface area (Å²) in [6, 6.07) is 0. The van der Waals surface area contributed by atoms with Crippen LogP contribution < -0.4 is 0 Å². The van der Waals surface area contributed by atoms with Crippen LogP contribution in [-0.2, 0) is 28.6 Å². The Balaban J connectivity index is 4.43. The molecule has 0 radical (unpaired) electrons. The fourth-order valence-corrected chi connectivity index (χ4v) is 8.76. The van der Waals surface area contributed by atoms with Gasteiger partial charge in [-0.05, 0) is 89.9 Å². The number of rotatable bonds is 56. The zero-order valence-corrected chi connectivity index (χ0v) is 47.7. The van der Waals surface area contributed by atoms with E-state index in [1.54, 1.807) is 0 Å². The molecule has 0 amide bonds. The molecule has 0 rings (SSSR count). The molecule has 0 N–H and O–H groups in total. The summed E-state index contributed by atoms with van der Waals surface area (Å²) in [6.07, 6.45) is 77.6. The first-order chi connectivity index (χ1) is 35.5. The summed E-state index contributed by atoms with van der Waals surface area (Å²) in [5.74, 6) is -0.940. The number of allylic oxidation sites excluding steroid dienone is 12. The van der Waals surface area contributed by atoms with Crippen molar-refractivity contribution in [3.8, 4) is 0 Å². The molecule has 0 saturated carbocycles. The van der Waals surface area contributed by atoms with E-state index in [1.165, 1.54) is 193 Å². The zero-order chi connectivity index (χ0) is 52.2. The van der Waals surface area contributed by atoms with Gasteiger partial charge < -0.3 is 14.2 Å². The number of carbonyl (C=O) groups excluding carboxylic acids is 3. The van der Waals surface area contributed by atoms with E-state index >= 15 is 0 Å². The molecule has 0 saturated heterocycles. The monoisotopic (exact) mass is 1000 g/mol. The fraction of sp³-hybridized carbons (Fsp3) is 0.773. The molecule has 72 heavy (non-hydrogen) atoms. The SMILES string of the molecule is CCCCC/C=C/C/C=C/C/C=C/C/C=C/CCCC(=O)OC[C@H](COC(=O)CCCCCCCCCCC/C=C/C/C=C/CCCCC)OC(=O)CCCCCCCCCCCCCCCCCCCC. The third-order valence-corrected chi connectivity index (χ3v) is 13.4. The molecule has 0 aliphatic carbocycles. The summed E-state index contributed by atoms with van der Waals surface area (Å²) in [5, 5.41) is 0. The van der Waals surface area contributed by atoms with Crippen LogP contribution in [0, 0.1) is 0 Å². The average molecular weight is 1010 g/mol. The van der Waals surface area contributed by atoms with Gasteiger partial charge in [0.15, 0.2) is 6.10 Å². The fourth-order valence-electron chi connectivity index (χ4n) is 8.76. The van der Waals surface area contributed by atoms with Crippen molar-refractivity contribution >= 4 is 17.9 Å². The molecule has 0 aliphatic heterocycles. The van der Waals surface area contributed by atoms with Gasteiger partial charge in [0.1, 0.15) is 13.2 Å². The molecule has 0 spiro atoms. The molecule has 0 fully saturated rings. The number of hydrogen-bond donors (Lipinski definition) is 0. The summed E-state index contributed by atoms with van der Waals surface area (Å²) in [5.41, 5.74) is 0. The maximum absolute atomic E-state index is 12.9. The highest BCUT2D eigenvalue weighted by Crippen LogP contribution is 2.16. The smallest absolute Gasteiger partial charge is 0.306 e. The Bertz CT molecular complexity index is 1340. The first-order valence-electron chi connectivity index (χ1n) is 30.9. The Morgan fingerprint density at radius 3 is 0.861 bits per heavy atom. The van der Waals surface area contributed by atoms with Crippen molar-refractivity contribution in [2.24, 2.45) is 0 Å². The van der Waals surface area contributed by atoms with Crippen LogP contribution in [-0.4, -0.2) is 37.2 Å². The highest BCUT2D eigenvalue weighted by atomic mass is 16.6. The van der Waals surface area contributed by atoms with Crippen molar-refractivity contribution in [2.45, 2.75) is 316 Å². The highest BCUT2D eigenvalue weighted by molar-refractivity contribution is 5.71. The Kier molecular flexibility index (Phi) is 57.8. The predicted molar refractivity (Wildman–Crippen MR) is 311 cm³/mol. The third-order valence-electron chi connectivity index (χ3n) is 13.4. The molecule has 0 bridgehead atoms. The van der Waals surface area contributed by atoms with Crippen LogP contribution in [0.5, 0.6) is 0 Å². The zero-order valence-electron chi connectivity index (χ0n) is 47.7. The van der Waals surface area contributed by atoms with Crippen LogP contribution in [0.4, 0.5) is 0 Å². The molecular weight excluding hydrogens is 889 g/mol. The highest BCUT2D eigenvalue weighted by Gasteiger charge is 2.19. The second-order valence-corrected chi connectivity index (χ2v) is 20.6. The van der Waals surface area contributed by atoms with Crippen LogP contribution in [0.2, 0.25) is 0 Å². The van der Waals surface area contributed by atoms with Gasteiger partial charge in [0, 0.05) is 19.3 Å². The van der Waals surface area contributed by atoms with Crippen molar-refractivity contribution in [1.29, 1.82) is 0 Å². The van der Waals surface area contributed by atoms with E-state index in [1.807, 2.05) is 0 Å². The van der Waals surface area contributed by atoms with Gasteiger partial charge in [-0.3, -0.25) is 14.4 Å². The molecule has 0 aliphatic rings. The lowest BCUT2D eigenvalue weighted by Gasteiger charge is -2.18. The molecule has 6 heteroatoms. The van der Waals surface area contributed by atoms with Gasteiger partial charge in [-0.1, -0.05) is 273 Å². The maximum atomic E-state index is 12.9. The Morgan fingerprint density at radius 2 is 0.514 bits per heavy atom. The summed E-state index contributed by atoms with van der Waals surface area (Å²) >= 11 is 0. The standard InChI is InChI=1S/C66H116O6/c1-4-7-10-13-16-19-22-25-28-31-33-36-38-41-44-47-50-53-56-59-65(68)71-62-63(61-70-64(67)58-55-52-49-46-43-40-37-34-30-27-24-21-18-15-12-9-6-3)72-66(69)60-57-54-51-48-45-42-39-35-32-29-26-23-20-17-14-11-8-5-2/h16,18-19,21,25,27-28,30,37,40,46,49,63H,4-15,17,20,22-24,26,29,31-36,38-39,41-45,47-48,50-62H2,1-3H3/b19-16+,21-18+,28-25+,30-27+,40-37+,49-46+/t63-/m1/s1. The summed E-state index contributed by atoms with van der Waals surface area (Å²) in [6.45, 7) is 6.58. The molecule has 1 atom stereocenters. The molecule has 0 heterocycles. The van der Waals surface area contributed by atoms with E-state index < -0.39 is 6.10 Å². The van der Waals surface area contributed by atoms with Crippen LogP contribution in [0.15, 0.2) is 72.9 Å². The van der Waals surface area contributed by atoms with Crippen LogP contribution >= 0.6 is 0 Å². The second kappa shape index (κ2) is 60.4. The van der Waals surface area contributed by atoms with Gasteiger partial charge in [0.25, 0.3) is 0 Å². The lowest BCUT2D eigenvalue weighted by atomic mass is 10.0. The Morgan fingerprint density at radius 1 is 0.278 bits per heavy atom. The molecule has 0 unspecified atom stereocenters. The van der Waals surface area contributed by atoms with E-state index in [0.29, 0.717) is 19.3 Å². The van der Waals surface area contributed by atoms with E-state index in [0.717, 1.165) is 70.6 Å². The van der Waals surface area contributed by atoms with E-state index in [2.05, 4.69) is 93.7 Å². The van der Waals surface area contributed by atoms with Crippen molar-refractivity contribution in [3.63, 3.8) is 0 Å². The van der Waals surface area contributed by atoms with Crippen molar-refractivity contribution in [3.05, 3.63) is 72.9 Å². The third kappa shape index (κ3) is 57.7. The first-order valence-corrected chi connectivity index (χ1v) is 30.9. The maximum Gasteiger partial charge on any atom is 0.306 e. The molecule has 0 aromatic carbocycles. The Hall–Kier alpha value is -3.15. The Labute approximate surface area is 446 Å². The molecule has 0 aromatic rings. The minimum Gasteiger partial charge on any atom is -0.462 e. The molecule has 416 valence electrons. The van der Waals surface area contributed by atoms with Gasteiger partial charge in [-0.15, -0.1) is 0 Å². The second-order valence-electron chi connectivity index (χ2n) is 20.6. The van der Waals surface area contributed by atoms with Crippen LogP contribution in [0.25, 0.3) is 0 Å². The lowest BCUT2D eigenvalue weighted by Crippen LogP contribution is -2.30. The first kappa shape index (κ1) is 68.8. The predicted octanol–water partition coefficient (Wildman–Crippen LogP) is 20.9. The topological polar surface area (TPSA) is 78.9 Å². The number of unbranched alkanes of at least 4 members (excludes halogenated alkanes) is 33. The van der Waals surface area contributed by atoms with E-state index in [9.17, 15) is 14.4 Å². The summed E-state index contributed by atoms with van der Waals surface area (Å²) < 4.78 is 16.9. The van der Waals surface area contributed by atoms with Crippen molar-refractivity contribution in [2.75, 3.05) is 13.2 Å². The quantitative estimate of drug-likeness (QED) is 0.0261. The van der Waals surface area contributed by atoms with Crippen molar-refractivity contribution in [1.82, 2.24) is 0 Å². The van der Waals surface area contributed by atoms with Gasteiger partial charge in [-0.2, -0.15) is 0 Å². The summed E-state index contributed by atoms with van der Waals surface area (Å²) in [7, 11) is 0. The van der Waals surface area contributed by atoms with Crippen molar-refractivity contribution < 1.29 is 28.6 Å². The minimum atomic E-state index is -0.798. The number of hydrogen-bond acceptors (Lipinski definition) is 6. The number of esters is 3. The summed E-state index contributed by atoms with van der Waals surface area (Å²) in [4.78, 5) is 38.3. The molecule has 6 nitrogen and oxygen atoms in total. The van der Waals surface area contributed by atoms with E-state index in [-0.39, 0.29) is 37.5 Å². The van der Waals surface area contributed by atoms with Gasteiger partial charge in [0.2, 0.25) is 0 Å². The average Bonchev–Trinajstić information content (AvgIpc) is 3.38. The number of carbonyl (C=O) groups is 3. The minimum absolute atomic E-state index is 0.0921. The van der Waals surface area contributed by atoms with Gasteiger partial charge in [-0.25, -0.2) is 0 Å². The molecular formula is C66H116O6. The van der Waals surface area contributed by atoms with Gasteiger partial charge >= 0.3 is 17.9 Å². The van der Waals surface area contributed by atoms with Gasteiger partial charge in [0.05, 0.1) is 0 Å². The van der Waals surface area contributed by atoms with Crippen LogP contribution in [0.3, 0.4) is 0 Å². The normalized spacial score (nSPS) is 12.5. The molecule has 0 aromatic heterocycles.